The van der Waals surface area contributed by atoms with Crippen molar-refractivity contribution in [1.29, 1.82) is 0 Å². The quantitative estimate of drug-likeness (QED) is 0.790. The van der Waals surface area contributed by atoms with Crippen molar-refractivity contribution in [3.8, 4) is 5.88 Å². The lowest BCUT2D eigenvalue weighted by molar-refractivity contribution is 0.0525. The van der Waals surface area contributed by atoms with Gasteiger partial charge in [-0.15, -0.1) is 0 Å². The van der Waals surface area contributed by atoms with Gasteiger partial charge in [-0.1, -0.05) is 6.92 Å². The summed E-state index contributed by atoms with van der Waals surface area (Å²) >= 11 is 0. The Morgan fingerprint density at radius 2 is 2.11 bits per heavy atom. The third kappa shape index (κ3) is 2.50. The normalized spacial score (nSPS) is 10.5. The maximum atomic E-state index is 11.9. The Hall–Kier alpha value is -2.17. The van der Waals surface area contributed by atoms with Crippen molar-refractivity contribution >= 4 is 17.0 Å². The molecule has 0 unspecified atom stereocenters. The number of rotatable bonds is 4. The fourth-order valence-corrected chi connectivity index (χ4v) is 1.99. The Bertz CT molecular complexity index is 611. The maximum absolute atomic E-state index is 11.9. The van der Waals surface area contributed by atoms with Gasteiger partial charge in [0, 0.05) is 17.6 Å². The zero-order chi connectivity index (χ0) is 13.8. The molecule has 2 aromatic heterocycles. The predicted molar refractivity (Wildman–Crippen MR) is 71.4 cm³/mol. The molecule has 0 saturated carbocycles. The molecule has 19 heavy (non-hydrogen) atoms. The molecular formula is C14H16N2O3. The van der Waals surface area contributed by atoms with E-state index in [1.807, 2.05) is 13.0 Å². The lowest BCUT2D eigenvalue weighted by Crippen LogP contribution is -2.09. The monoisotopic (exact) mass is 260 g/mol. The Kier molecular flexibility index (Phi) is 3.94. The highest BCUT2D eigenvalue weighted by Gasteiger charge is 2.16. The van der Waals surface area contributed by atoms with E-state index in [1.54, 1.807) is 20.1 Å². The van der Waals surface area contributed by atoms with Crippen molar-refractivity contribution in [3.63, 3.8) is 0 Å². The Labute approximate surface area is 111 Å². The van der Waals surface area contributed by atoms with Crippen LogP contribution in [0.5, 0.6) is 5.88 Å². The van der Waals surface area contributed by atoms with Crippen molar-refractivity contribution in [2.75, 3.05) is 13.7 Å². The Morgan fingerprint density at radius 1 is 1.32 bits per heavy atom. The number of nitrogens with zero attached hydrogens (tertiary/aromatic N) is 2. The summed E-state index contributed by atoms with van der Waals surface area (Å²) in [5.74, 6) is 0.163. The summed E-state index contributed by atoms with van der Waals surface area (Å²) in [7, 11) is 1.56. The van der Waals surface area contributed by atoms with Gasteiger partial charge in [0.15, 0.2) is 5.65 Å². The van der Waals surface area contributed by atoms with Crippen LogP contribution in [-0.2, 0) is 11.2 Å². The SMILES string of the molecule is CCOC(=O)c1cnc2nc(OC)ccc2c1CC. The summed E-state index contributed by atoms with van der Waals surface area (Å²) in [5, 5.41) is 0.855. The highest BCUT2D eigenvalue weighted by atomic mass is 16.5. The molecule has 0 bridgehead atoms. The fourth-order valence-electron chi connectivity index (χ4n) is 1.99. The van der Waals surface area contributed by atoms with E-state index in [2.05, 4.69) is 9.97 Å². The van der Waals surface area contributed by atoms with E-state index >= 15 is 0 Å². The largest absolute Gasteiger partial charge is 0.481 e. The van der Waals surface area contributed by atoms with Gasteiger partial charge < -0.3 is 9.47 Å². The minimum absolute atomic E-state index is 0.343. The molecule has 0 aliphatic heterocycles. The van der Waals surface area contributed by atoms with Crippen molar-refractivity contribution < 1.29 is 14.3 Å². The molecule has 0 aromatic carbocycles. The average Bonchev–Trinajstić information content (AvgIpc) is 2.45. The van der Waals surface area contributed by atoms with Gasteiger partial charge in [0.1, 0.15) is 0 Å². The first-order chi connectivity index (χ1) is 9.21. The number of hydrogen-bond acceptors (Lipinski definition) is 5. The summed E-state index contributed by atoms with van der Waals surface area (Å²) in [4.78, 5) is 20.4. The third-order valence-electron chi connectivity index (χ3n) is 2.87. The van der Waals surface area contributed by atoms with E-state index in [1.165, 1.54) is 6.20 Å². The van der Waals surface area contributed by atoms with Gasteiger partial charge >= 0.3 is 5.97 Å². The number of aromatic nitrogens is 2. The van der Waals surface area contributed by atoms with Crippen LogP contribution in [0.2, 0.25) is 0 Å². The third-order valence-corrected chi connectivity index (χ3v) is 2.87. The lowest BCUT2D eigenvalue weighted by atomic mass is 10.0. The number of fused-ring (bicyclic) bond motifs is 1. The first-order valence-electron chi connectivity index (χ1n) is 6.21. The molecule has 0 N–H and O–H groups in total. The van der Waals surface area contributed by atoms with Gasteiger partial charge in [-0.05, 0) is 25.0 Å². The number of carbonyl (C=O) groups excluding carboxylic acids is 1. The van der Waals surface area contributed by atoms with Gasteiger partial charge in [-0.25, -0.2) is 9.78 Å². The second kappa shape index (κ2) is 5.65. The lowest BCUT2D eigenvalue weighted by Gasteiger charge is -2.10. The van der Waals surface area contributed by atoms with Gasteiger partial charge in [0.2, 0.25) is 5.88 Å². The smallest absolute Gasteiger partial charge is 0.339 e. The molecule has 0 spiro atoms. The molecule has 0 aliphatic rings. The van der Waals surface area contributed by atoms with E-state index < -0.39 is 0 Å². The molecular weight excluding hydrogens is 244 g/mol. The van der Waals surface area contributed by atoms with Crippen LogP contribution in [0.4, 0.5) is 0 Å². The van der Waals surface area contributed by atoms with Crippen LogP contribution in [0.1, 0.15) is 29.8 Å². The predicted octanol–water partition coefficient (Wildman–Crippen LogP) is 2.38. The molecule has 0 atom stereocenters. The molecule has 2 heterocycles. The number of esters is 1. The molecule has 0 fully saturated rings. The van der Waals surface area contributed by atoms with Crippen LogP contribution >= 0.6 is 0 Å². The van der Waals surface area contributed by atoms with Crippen LogP contribution in [-0.4, -0.2) is 29.7 Å². The Morgan fingerprint density at radius 3 is 2.74 bits per heavy atom. The number of pyridine rings is 2. The molecule has 0 radical (unpaired) electrons. The minimum atomic E-state index is -0.343. The summed E-state index contributed by atoms with van der Waals surface area (Å²) in [6.45, 7) is 4.12. The summed E-state index contributed by atoms with van der Waals surface area (Å²) < 4.78 is 10.1. The highest BCUT2D eigenvalue weighted by molar-refractivity contribution is 5.96. The minimum Gasteiger partial charge on any atom is -0.481 e. The van der Waals surface area contributed by atoms with Gasteiger partial charge in [0.25, 0.3) is 0 Å². The van der Waals surface area contributed by atoms with Gasteiger partial charge in [-0.2, -0.15) is 4.98 Å². The first-order valence-corrected chi connectivity index (χ1v) is 6.21. The number of carbonyl (C=O) groups is 1. The highest BCUT2D eigenvalue weighted by Crippen LogP contribution is 2.22. The van der Waals surface area contributed by atoms with E-state index in [4.69, 9.17) is 9.47 Å². The zero-order valence-electron chi connectivity index (χ0n) is 11.3. The number of ether oxygens (including phenoxy) is 2. The number of hydrogen-bond donors (Lipinski definition) is 0. The zero-order valence-corrected chi connectivity index (χ0v) is 11.3. The average molecular weight is 260 g/mol. The second-order valence-corrected chi connectivity index (χ2v) is 3.95. The second-order valence-electron chi connectivity index (χ2n) is 3.95. The fraction of sp³-hybridized carbons (Fsp3) is 0.357. The van der Waals surface area contributed by atoms with E-state index in [0.29, 0.717) is 30.1 Å². The molecule has 0 aliphatic carbocycles. The molecule has 0 amide bonds. The molecule has 2 aromatic rings. The molecule has 2 rings (SSSR count). The molecule has 0 saturated heterocycles. The van der Waals surface area contributed by atoms with E-state index in [9.17, 15) is 4.79 Å². The van der Waals surface area contributed by atoms with Crippen LogP contribution in [0.25, 0.3) is 11.0 Å². The van der Waals surface area contributed by atoms with Crippen molar-refractivity contribution in [1.82, 2.24) is 9.97 Å². The van der Waals surface area contributed by atoms with E-state index in [0.717, 1.165) is 10.9 Å². The van der Waals surface area contributed by atoms with Crippen molar-refractivity contribution in [2.24, 2.45) is 0 Å². The standard InChI is InChI=1S/C14H16N2O3/c1-4-9-10-6-7-12(18-3)16-13(10)15-8-11(9)14(17)19-5-2/h6-8H,4-5H2,1-3H3. The van der Waals surface area contributed by atoms with Crippen LogP contribution < -0.4 is 4.74 Å². The van der Waals surface area contributed by atoms with Crippen LogP contribution in [0.15, 0.2) is 18.3 Å². The van der Waals surface area contributed by atoms with Crippen molar-refractivity contribution in [2.45, 2.75) is 20.3 Å². The summed E-state index contributed by atoms with van der Waals surface area (Å²) in [6, 6.07) is 3.63. The molecule has 5 heteroatoms. The van der Waals surface area contributed by atoms with Gasteiger partial charge in [0.05, 0.1) is 19.3 Å². The molecule has 100 valence electrons. The molecule has 5 nitrogen and oxygen atoms in total. The number of aryl methyl sites for hydroxylation is 1. The summed E-state index contributed by atoms with van der Waals surface area (Å²) in [6.07, 6.45) is 2.23. The number of methoxy groups -OCH3 is 1. The maximum Gasteiger partial charge on any atom is 0.339 e. The van der Waals surface area contributed by atoms with Gasteiger partial charge in [-0.3, -0.25) is 0 Å². The van der Waals surface area contributed by atoms with Crippen LogP contribution in [0, 0.1) is 0 Å². The van der Waals surface area contributed by atoms with E-state index in [-0.39, 0.29) is 5.97 Å². The topological polar surface area (TPSA) is 61.3 Å². The van der Waals surface area contributed by atoms with Crippen LogP contribution in [0.3, 0.4) is 0 Å². The van der Waals surface area contributed by atoms with Crippen molar-refractivity contribution in [3.05, 3.63) is 29.5 Å². The summed E-state index contributed by atoms with van der Waals surface area (Å²) in [5.41, 5.74) is 1.98. The first kappa shape index (κ1) is 13.3. The Balaban J connectivity index is 2.59.